The molecule has 0 bridgehead atoms. The Morgan fingerprint density at radius 1 is 1.32 bits per heavy atom. The average molecular weight is 478 g/mol. The van der Waals surface area contributed by atoms with Crippen LogP contribution in [0.25, 0.3) is 16.1 Å². The van der Waals surface area contributed by atoms with E-state index in [2.05, 4.69) is 27.5 Å². The van der Waals surface area contributed by atoms with Gasteiger partial charge in [-0.05, 0) is 43.5 Å². The summed E-state index contributed by atoms with van der Waals surface area (Å²) in [6, 6.07) is 5.60. The highest BCUT2D eigenvalue weighted by Crippen LogP contribution is 2.33. The Morgan fingerprint density at radius 2 is 2.15 bits per heavy atom. The Hall–Kier alpha value is -3.79. The fourth-order valence-electron chi connectivity index (χ4n) is 4.18. The number of nitrogen functional groups attached to an aromatic ring is 1. The number of anilines is 3. The molecule has 4 heterocycles. The van der Waals surface area contributed by atoms with Crippen LogP contribution in [0.3, 0.4) is 0 Å². The van der Waals surface area contributed by atoms with Crippen molar-refractivity contribution in [3.05, 3.63) is 74.5 Å². The molecule has 5 rings (SSSR count). The molecule has 1 unspecified atom stereocenters. The number of thiazole rings is 1. The largest absolute Gasteiger partial charge is 0.368 e. The van der Waals surface area contributed by atoms with Crippen molar-refractivity contribution in [3.63, 3.8) is 0 Å². The molecule has 0 saturated heterocycles. The molecule has 8 nitrogen and oxygen atoms in total. The van der Waals surface area contributed by atoms with E-state index in [1.807, 2.05) is 25.4 Å². The Labute approximate surface area is 199 Å². The molecule has 0 fully saturated rings. The van der Waals surface area contributed by atoms with Gasteiger partial charge in [-0.25, -0.2) is 9.37 Å². The van der Waals surface area contributed by atoms with Gasteiger partial charge in [0.25, 0.3) is 5.56 Å². The highest BCUT2D eigenvalue weighted by Gasteiger charge is 2.24. The van der Waals surface area contributed by atoms with Gasteiger partial charge in [-0.2, -0.15) is 9.97 Å². The van der Waals surface area contributed by atoms with E-state index in [1.54, 1.807) is 16.5 Å². The van der Waals surface area contributed by atoms with Gasteiger partial charge in [0.1, 0.15) is 17.5 Å². The standard InChI is InChI=1S/C24H24FN7OS/c1-4-14-8-17-20(27-10-14)30-23(26)31-21(17)28-13(3)19-18(15-6-5-7-16(25)9-15)22(33)32-12(2)11-34-24(32)29-19/h5-7,9-11,13H,4,8H2,1-3H3,(H4,26,27,28,30,31). The fourth-order valence-corrected chi connectivity index (χ4v) is 5.05. The molecule has 34 heavy (non-hydrogen) atoms. The number of rotatable bonds is 5. The zero-order chi connectivity index (χ0) is 24.0. The smallest absolute Gasteiger partial charge is 0.266 e. The second kappa shape index (κ2) is 8.53. The van der Waals surface area contributed by atoms with E-state index in [0.717, 1.165) is 17.7 Å². The van der Waals surface area contributed by atoms with E-state index in [0.29, 0.717) is 39.8 Å². The lowest BCUT2D eigenvalue weighted by atomic mass is 10.00. The van der Waals surface area contributed by atoms with Gasteiger partial charge in [0.05, 0.1) is 17.3 Å². The summed E-state index contributed by atoms with van der Waals surface area (Å²) in [5.41, 5.74) is 9.97. The summed E-state index contributed by atoms with van der Waals surface area (Å²) in [5, 5.41) is 8.47. The molecule has 0 aliphatic carbocycles. The van der Waals surface area contributed by atoms with Gasteiger partial charge in [0.2, 0.25) is 5.95 Å². The van der Waals surface area contributed by atoms with Crippen molar-refractivity contribution in [2.75, 3.05) is 16.4 Å². The predicted molar refractivity (Wildman–Crippen MR) is 134 cm³/mol. The van der Waals surface area contributed by atoms with Crippen molar-refractivity contribution < 1.29 is 4.39 Å². The summed E-state index contributed by atoms with van der Waals surface area (Å²) in [6.07, 6.45) is 3.52. The fraction of sp³-hybridized carbons (Fsp3) is 0.250. The molecule has 4 N–H and O–H groups in total. The van der Waals surface area contributed by atoms with E-state index in [4.69, 9.17) is 10.7 Å². The van der Waals surface area contributed by atoms with E-state index in [9.17, 15) is 9.18 Å². The Morgan fingerprint density at radius 3 is 2.91 bits per heavy atom. The minimum Gasteiger partial charge on any atom is -0.368 e. The van der Waals surface area contributed by atoms with Crippen LogP contribution in [0.4, 0.5) is 22.0 Å². The summed E-state index contributed by atoms with van der Waals surface area (Å²) in [7, 11) is 0. The number of nitrogens with zero attached hydrogens (tertiary/aromatic N) is 4. The van der Waals surface area contributed by atoms with Crippen molar-refractivity contribution in [3.8, 4) is 11.1 Å². The topological polar surface area (TPSA) is 110 Å². The Bertz CT molecular complexity index is 1510. The van der Waals surface area contributed by atoms with Gasteiger partial charge in [0, 0.05) is 29.3 Å². The maximum Gasteiger partial charge on any atom is 0.266 e. The lowest BCUT2D eigenvalue weighted by Crippen LogP contribution is -2.23. The van der Waals surface area contributed by atoms with Crippen molar-refractivity contribution in [1.82, 2.24) is 19.4 Å². The SMILES string of the molecule is CCC1=CNc2nc(N)nc(NC(C)c3nc4scc(C)n4c(=O)c3-c3cccc(F)c3)c2C1. The summed E-state index contributed by atoms with van der Waals surface area (Å²) in [6.45, 7) is 5.84. The van der Waals surface area contributed by atoms with Gasteiger partial charge < -0.3 is 16.4 Å². The van der Waals surface area contributed by atoms with Crippen LogP contribution in [-0.4, -0.2) is 19.4 Å². The lowest BCUT2D eigenvalue weighted by Gasteiger charge is -2.23. The van der Waals surface area contributed by atoms with Crippen molar-refractivity contribution >= 4 is 33.9 Å². The highest BCUT2D eigenvalue weighted by atomic mass is 32.1. The van der Waals surface area contributed by atoms with Crippen LogP contribution >= 0.6 is 11.3 Å². The molecular formula is C24H24FN7OS. The number of nitrogens with two attached hydrogens (primary N) is 1. The van der Waals surface area contributed by atoms with E-state index in [1.165, 1.54) is 29.0 Å². The number of halogens is 1. The zero-order valence-electron chi connectivity index (χ0n) is 19.0. The first-order valence-corrected chi connectivity index (χ1v) is 11.9. The summed E-state index contributed by atoms with van der Waals surface area (Å²) >= 11 is 1.39. The molecule has 0 saturated carbocycles. The van der Waals surface area contributed by atoms with E-state index >= 15 is 0 Å². The van der Waals surface area contributed by atoms with Crippen LogP contribution < -0.4 is 21.9 Å². The monoisotopic (exact) mass is 477 g/mol. The van der Waals surface area contributed by atoms with Gasteiger partial charge >= 0.3 is 0 Å². The van der Waals surface area contributed by atoms with Gasteiger partial charge in [-0.15, -0.1) is 11.3 Å². The third kappa shape index (κ3) is 3.79. The molecule has 4 aromatic rings. The first kappa shape index (κ1) is 22.0. The number of aromatic nitrogens is 4. The maximum absolute atomic E-state index is 14.1. The number of benzene rings is 1. The molecule has 1 aliphatic heterocycles. The van der Waals surface area contributed by atoms with Gasteiger partial charge in [0.15, 0.2) is 4.96 Å². The zero-order valence-corrected chi connectivity index (χ0v) is 19.8. The Balaban J connectivity index is 1.64. The second-order valence-corrected chi connectivity index (χ2v) is 9.12. The molecule has 10 heteroatoms. The summed E-state index contributed by atoms with van der Waals surface area (Å²) < 4.78 is 15.7. The van der Waals surface area contributed by atoms with Crippen LogP contribution in [0.2, 0.25) is 0 Å². The molecule has 1 aliphatic rings. The van der Waals surface area contributed by atoms with Crippen LogP contribution in [-0.2, 0) is 6.42 Å². The number of nitrogens with one attached hydrogen (secondary N) is 2. The van der Waals surface area contributed by atoms with Crippen LogP contribution in [0.1, 0.15) is 43.3 Å². The Kier molecular flexibility index (Phi) is 5.52. The first-order chi connectivity index (χ1) is 16.4. The number of allylic oxidation sites excluding steroid dienone is 1. The van der Waals surface area contributed by atoms with Crippen molar-refractivity contribution in [2.24, 2.45) is 0 Å². The molecule has 0 amide bonds. The summed E-state index contributed by atoms with van der Waals surface area (Å²) in [4.78, 5) is 27.7. The van der Waals surface area contributed by atoms with E-state index in [-0.39, 0.29) is 11.5 Å². The van der Waals surface area contributed by atoms with Gasteiger partial charge in [-0.3, -0.25) is 9.20 Å². The molecule has 174 valence electrons. The minimum atomic E-state index is -0.423. The maximum atomic E-state index is 14.1. The van der Waals surface area contributed by atoms with Crippen molar-refractivity contribution in [1.29, 1.82) is 0 Å². The second-order valence-electron chi connectivity index (χ2n) is 8.28. The number of hydrogen-bond acceptors (Lipinski definition) is 8. The van der Waals surface area contributed by atoms with Crippen LogP contribution in [0.5, 0.6) is 0 Å². The number of aryl methyl sites for hydroxylation is 1. The molecule has 0 spiro atoms. The van der Waals surface area contributed by atoms with Gasteiger partial charge in [-0.1, -0.05) is 19.1 Å². The molecule has 1 aromatic carbocycles. The number of hydrogen-bond donors (Lipinski definition) is 3. The van der Waals surface area contributed by atoms with E-state index < -0.39 is 11.9 Å². The molecule has 1 atom stereocenters. The number of fused-ring (bicyclic) bond motifs is 2. The van der Waals surface area contributed by atoms with Crippen molar-refractivity contribution in [2.45, 2.75) is 39.7 Å². The quantitative estimate of drug-likeness (QED) is 0.383. The third-order valence-electron chi connectivity index (χ3n) is 5.94. The van der Waals surface area contributed by atoms with Crippen LogP contribution in [0.15, 0.2) is 46.2 Å². The highest BCUT2D eigenvalue weighted by molar-refractivity contribution is 7.15. The van der Waals surface area contributed by atoms with Crippen LogP contribution in [0, 0.1) is 12.7 Å². The average Bonchev–Trinajstić information content (AvgIpc) is 3.19. The minimum absolute atomic E-state index is 0.136. The lowest BCUT2D eigenvalue weighted by molar-refractivity contribution is 0.628. The predicted octanol–water partition coefficient (Wildman–Crippen LogP) is 4.68. The third-order valence-corrected chi connectivity index (χ3v) is 6.88. The normalized spacial score (nSPS) is 13.8. The molecular weight excluding hydrogens is 453 g/mol. The first-order valence-electron chi connectivity index (χ1n) is 11.0. The molecule has 3 aromatic heterocycles. The summed E-state index contributed by atoms with van der Waals surface area (Å²) in [5.74, 6) is 0.952. The molecule has 0 radical (unpaired) electrons.